The summed E-state index contributed by atoms with van der Waals surface area (Å²) in [5.41, 5.74) is 11.5. The van der Waals surface area contributed by atoms with Gasteiger partial charge in [0.2, 0.25) is 0 Å². The Bertz CT molecular complexity index is 505. The second-order valence-corrected chi connectivity index (χ2v) is 7.88. The van der Waals surface area contributed by atoms with Crippen molar-refractivity contribution in [2.45, 2.75) is 58.5 Å². The molecule has 2 nitrogen and oxygen atoms in total. The van der Waals surface area contributed by atoms with E-state index < -0.39 is 0 Å². The number of nitrogens with two attached hydrogens (primary N) is 1. The van der Waals surface area contributed by atoms with Crippen LogP contribution in [0.25, 0.3) is 0 Å². The summed E-state index contributed by atoms with van der Waals surface area (Å²) >= 11 is 0. The fourth-order valence-corrected chi connectivity index (χ4v) is 4.09. The summed E-state index contributed by atoms with van der Waals surface area (Å²) in [5, 5.41) is 0. The van der Waals surface area contributed by atoms with Crippen LogP contribution in [0.15, 0.2) is 18.2 Å². The van der Waals surface area contributed by atoms with Gasteiger partial charge in [0.05, 0.1) is 0 Å². The van der Waals surface area contributed by atoms with Crippen molar-refractivity contribution in [2.24, 2.45) is 11.1 Å². The molecule has 3 rings (SSSR count). The minimum absolute atomic E-state index is 0.236. The van der Waals surface area contributed by atoms with Gasteiger partial charge in [-0.05, 0) is 76.6 Å². The molecule has 1 heterocycles. The quantitative estimate of drug-likeness (QED) is 0.784. The molecule has 1 saturated heterocycles. The summed E-state index contributed by atoms with van der Waals surface area (Å²) < 4.78 is 0. The molecule has 0 saturated carbocycles. The van der Waals surface area contributed by atoms with E-state index in [2.05, 4.69) is 50.8 Å². The van der Waals surface area contributed by atoms with Crippen LogP contribution in [0.3, 0.4) is 0 Å². The molecular formula is C18H28N2. The van der Waals surface area contributed by atoms with Crippen molar-refractivity contribution >= 4 is 0 Å². The Kier molecular flexibility index (Phi) is 3.22. The third kappa shape index (κ3) is 2.19. The van der Waals surface area contributed by atoms with E-state index >= 15 is 0 Å². The van der Waals surface area contributed by atoms with Gasteiger partial charge in [0, 0.05) is 11.6 Å². The second-order valence-electron chi connectivity index (χ2n) is 7.88. The number of hydrogen-bond acceptors (Lipinski definition) is 2. The fraction of sp³-hybridized carbons (Fsp3) is 0.667. The minimum atomic E-state index is 0.236. The van der Waals surface area contributed by atoms with Crippen molar-refractivity contribution in [1.82, 2.24) is 4.90 Å². The van der Waals surface area contributed by atoms with Crippen LogP contribution in [-0.2, 0) is 6.42 Å². The van der Waals surface area contributed by atoms with Gasteiger partial charge in [0.25, 0.3) is 0 Å². The lowest BCUT2D eigenvalue weighted by atomic mass is 9.72. The van der Waals surface area contributed by atoms with Gasteiger partial charge in [-0.15, -0.1) is 0 Å². The summed E-state index contributed by atoms with van der Waals surface area (Å²) in [6.45, 7) is 11.5. The van der Waals surface area contributed by atoms with E-state index in [4.69, 9.17) is 5.73 Å². The molecule has 2 heteroatoms. The van der Waals surface area contributed by atoms with Gasteiger partial charge in [0.1, 0.15) is 0 Å². The third-order valence-corrected chi connectivity index (χ3v) is 5.55. The highest BCUT2D eigenvalue weighted by atomic mass is 15.2. The van der Waals surface area contributed by atoms with E-state index in [9.17, 15) is 0 Å². The number of fused-ring (bicyclic) bond motifs is 1. The second kappa shape index (κ2) is 4.57. The highest BCUT2D eigenvalue weighted by molar-refractivity contribution is 5.40. The fourth-order valence-electron chi connectivity index (χ4n) is 4.09. The van der Waals surface area contributed by atoms with Gasteiger partial charge in [-0.1, -0.05) is 23.8 Å². The molecule has 110 valence electrons. The molecule has 2 N–H and O–H groups in total. The molecule has 1 aromatic carbocycles. The van der Waals surface area contributed by atoms with Crippen LogP contribution >= 0.6 is 0 Å². The lowest BCUT2D eigenvalue weighted by Crippen LogP contribution is -2.50. The molecule has 0 radical (unpaired) electrons. The summed E-state index contributed by atoms with van der Waals surface area (Å²) in [7, 11) is 0. The third-order valence-electron chi connectivity index (χ3n) is 5.55. The van der Waals surface area contributed by atoms with Crippen molar-refractivity contribution in [3.05, 3.63) is 34.9 Å². The maximum atomic E-state index is 6.66. The lowest BCUT2D eigenvalue weighted by Gasteiger charge is -2.47. The van der Waals surface area contributed by atoms with Gasteiger partial charge in [0.15, 0.2) is 0 Å². The topological polar surface area (TPSA) is 29.3 Å². The zero-order valence-corrected chi connectivity index (χ0v) is 13.4. The predicted octanol–water partition coefficient (Wildman–Crippen LogP) is 3.43. The SMILES string of the molecule is Cc1ccc2c(c1)[C@H](N)C1(CCN(C(C)(C)C)CC1)C2. The smallest absolute Gasteiger partial charge is 0.0359 e. The van der Waals surface area contributed by atoms with Gasteiger partial charge in [-0.25, -0.2) is 0 Å². The van der Waals surface area contributed by atoms with E-state index in [1.165, 1.54) is 49.0 Å². The Balaban J connectivity index is 1.81. The molecule has 0 bridgehead atoms. The number of rotatable bonds is 0. The highest BCUT2D eigenvalue weighted by Gasteiger charge is 2.46. The Morgan fingerprint density at radius 2 is 1.85 bits per heavy atom. The molecule has 1 fully saturated rings. The van der Waals surface area contributed by atoms with Gasteiger partial charge in [-0.3, -0.25) is 4.90 Å². The van der Waals surface area contributed by atoms with Crippen LogP contribution in [0, 0.1) is 12.3 Å². The monoisotopic (exact) mass is 272 g/mol. The average molecular weight is 272 g/mol. The van der Waals surface area contributed by atoms with Crippen LogP contribution in [0.2, 0.25) is 0 Å². The number of piperidine rings is 1. The molecule has 1 aromatic rings. The predicted molar refractivity (Wildman–Crippen MR) is 84.8 cm³/mol. The minimum Gasteiger partial charge on any atom is -0.323 e. The molecule has 1 spiro atoms. The standard InChI is InChI=1S/C18H28N2/c1-13-5-6-14-12-18(16(19)15(14)11-13)7-9-20(10-8-18)17(2,3)4/h5-6,11,16H,7-10,12,19H2,1-4H3/t16-/m0/s1. The zero-order valence-electron chi connectivity index (χ0n) is 13.4. The number of aryl methyl sites for hydroxylation is 1. The van der Waals surface area contributed by atoms with Crippen LogP contribution in [-0.4, -0.2) is 23.5 Å². The molecule has 2 aliphatic rings. The first-order valence-corrected chi connectivity index (χ1v) is 7.92. The highest BCUT2D eigenvalue weighted by Crippen LogP contribution is 2.51. The Morgan fingerprint density at radius 3 is 2.45 bits per heavy atom. The van der Waals surface area contributed by atoms with Crippen LogP contribution in [0.5, 0.6) is 0 Å². The molecule has 0 aromatic heterocycles. The first-order chi connectivity index (χ1) is 9.32. The number of nitrogens with zero attached hydrogens (tertiary/aromatic N) is 1. The van der Waals surface area contributed by atoms with Crippen molar-refractivity contribution in [2.75, 3.05) is 13.1 Å². The molecular weight excluding hydrogens is 244 g/mol. The molecule has 0 amide bonds. The maximum absolute atomic E-state index is 6.66. The molecule has 1 aliphatic carbocycles. The first-order valence-electron chi connectivity index (χ1n) is 7.92. The van der Waals surface area contributed by atoms with Gasteiger partial charge in [-0.2, -0.15) is 0 Å². The molecule has 1 aliphatic heterocycles. The molecule has 20 heavy (non-hydrogen) atoms. The average Bonchev–Trinajstić information content (AvgIpc) is 2.63. The molecule has 1 atom stereocenters. The van der Waals surface area contributed by atoms with Crippen LogP contribution in [0.4, 0.5) is 0 Å². The van der Waals surface area contributed by atoms with E-state index in [0.29, 0.717) is 5.41 Å². The van der Waals surface area contributed by atoms with Gasteiger partial charge < -0.3 is 5.73 Å². The van der Waals surface area contributed by atoms with Crippen molar-refractivity contribution in [3.63, 3.8) is 0 Å². The van der Waals surface area contributed by atoms with E-state index in [0.717, 1.165) is 0 Å². The van der Waals surface area contributed by atoms with Crippen molar-refractivity contribution < 1.29 is 0 Å². The lowest BCUT2D eigenvalue weighted by molar-refractivity contribution is 0.0345. The van der Waals surface area contributed by atoms with E-state index in [1.54, 1.807) is 0 Å². The van der Waals surface area contributed by atoms with Crippen LogP contribution < -0.4 is 5.73 Å². The number of likely N-dealkylation sites (tertiary alicyclic amines) is 1. The summed E-state index contributed by atoms with van der Waals surface area (Å²) in [6.07, 6.45) is 3.65. The normalized spacial score (nSPS) is 25.9. The van der Waals surface area contributed by atoms with Crippen molar-refractivity contribution in [3.8, 4) is 0 Å². The van der Waals surface area contributed by atoms with Crippen LogP contribution in [0.1, 0.15) is 56.3 Å². The Labute approximate surface area is 123 Å². The summed E-state index contributed by atoms with van der Waals surface area (Å²) in [5.74, 6) is 0. The maximum Gasteiger partial charge on any atom is 0.0359 e. The molecule has 0 unspecified atom stereocenters. The van der Waals surface area contributed by atoms with Crippen molar-refractivity contribution in [1.29, 1.82) is 0 Å². The first kappa shape index (κ1) is 14.1. The number of hydrogen-bond donors (Lipinski definition) is 1. The summed E-state index contributed by atoms with van der Waals surface area (Å²) in [4.78, 5) is 2.61. The largest absolute Gasteiger partial charge is 0.323 e. The van der Waals surface area contributed by atoms with E-state index in [1.807, 2.05) is 0 Å². The number of benzene rings is 1. The summed E-state index contributed by atoms with van der Waals surface area (Å²) in [6, 6.07) is 7.08. The zero-order chi connectivity index (χ0) is 14.5. The Hall–Kier alpha value is -0.860. The van der Waals surface area contributed by atoms with E-state index in [-0.39, 0.29) is 11.6 Å². The van der Waals surface area contributed by atoms with Gasteiger partial charge >= 0.3 is 0 Å². The Morgan fingerprint density at radius 1 is 1.20 bits per heavy atom.